The summed E-state index contributed by atoms with van der Waals surface area (Å²) in [5, 5.41) is 7.20. The van der Waals surface area contributed by atoms with Gasteiger partial charge in [0.15, 0.2) is 0 Å². The summed E-state index contributed by atoms with van der Waals surface area (Å²) in [5.41, 5.74) is 3.41. The third-order valence-corrected chi connectivity index (χ3v) is 4.42. The number of anilines is 1. The number of hydrogen-bond donors (Lipinski definition) is 1. The highest BCUT2D eigenvalue weighted by Gasteiger charge is 2.09. The molecule has 1 aromatic heterocycles. The Morgan fingerprint density at radius 3 is 2.38 bits per heavy atom. The number of hydrogen-bond acceptors (Lipinski definition) is 3. The summed E-state index contributed by atoms with van der Waals surface area (Å²) in [7, 11) is 0. The molecular weight excluding hydrogens is 362 g/mol. The first-order valence-corrected chi connectivity index (χ1v) is 9.41. The van der Waals surface area contributed by atoms with Crippen molar-refractivity contribution in [2.75, 3.05) is 5.32 Å². The van der Waals surface area contributed by atoms with Crippen LogP contribution in [0.15, 0.2) is 97.3 Å². The van der Waals surface area contributed by atoms with E-state index in [-0.39, 0.29) is 5.91 Å². The smallest absolute Gasteiger partial charge is 0.255 e. The van der Waals surface area contributed by atoms with E-state index in [0.29, 0.717) is 30.2 Å². The number of ether oxygens (including phenoxy) is 1. The van der Waals surface area contributed by atoms with E-state index in [1.165, 1.54) is 0 Å². The van der Waals surface area contributed by atoms with Gasteiger partial charge in [0, 0.05) is 11.8 Å². The van der Waals surface area contributed by atoms with Crippen molar-refractivity contribution in [3.8, 4) is 5.75 Å². The number of benzene rings is 3. The third-order valence-electron chi connectivity index (χ3n) is 4.42. The summed E-state index contributed by atoms with van der Waals surface area (Å²) < 4.78 is 7.60. The first kappa shape index (κ1) is 18.5. The van der Waals surface area contributed by atoms with Gasteiger partial charge in [-0.2, -0.15) is 5.10 Å². The second kappa shape index (κ2) is 8.89. The van der Waals surface area contributed by atoms with Crippen LogP contribution in [0.4, 0.5) is 5.69 Å². The van der Waals surface area contributed by atoms with Crippen molar-refractivity contribution in [1.29, 1.82) is 0 Å². The lowest BCUT2D eigenvalue weighted by Gasteiger charge is -2.08. The van der Waals surface area contributed by atoms with Gasteiger partial charge in [-0.1, -0.05) is 66.7 Å². The van der Waals surface area contributed by atoms with Gasteiger partial charge in [-0.3, -0.25) is 9.48 Å². The van der Waals surface area contributed by atoms with Gasteiger partial charge in [0.1, 0.15) is 12.4 Å². The average Bonchev–Trinajstić information content (AvgIpc) is 3.20. The molecule has 0 aliphatic carbocycles. The van der Waals surface area contributed by atoms with Crippen molar-refractivity contribution in [1.82, 2.24) is 9.78 Å². The molecule has 0 saturated heterocycles. The predicted molar refractivity (Wildman–Crippen MR) is 113 cm³/mol. The molecule has 1 N–H and O–H groups in total. The van der Waals surface area contributed by atoms with E-state index >= 15 is 0 Å². The van der Waals surface area contributed by atoms with Crippen molar-refractivity contribution >= 4 is 11.6 Å². The van der Waals surface area contributed by atoms with Crippen LogP contribution < -0.4 is 10.1 Å². The minimum Gasteiger partial charge on any atom is -0.489 e. The van der Waals surface area contributed by atoms with E-state index < -0.39 is 0 Å². The Labute approximate surface area is 169 Å². The third kappa shape index (κ3) is 5.11. The van der Waals surface area contributed by atoms with Gasteiger partial charge >= 0.3 is 0 Å². The molecule has 5 nitrogen and oxygen atoms in total. The van der Waals surface area contributed by atoms with E-state index in [4.69, 9.17) is 4.74 Å². The standard InChI is InChI=1S/C24H21N3O2/c28-24(26-22-15-25-27(17-22)16-19-8-3-1-4-9-19)21-12-7-13-23(14-21)29-18-20-10-5-2-6-11-20/h1-15,17H,16,18H2,(H,26,28). The van der Waals surface area contributed by atoms with Crippen LogP contribution in [0.1, 0.15) is 21.5 Å². The zero-order chi connectivity index (χ0) is 19.9. The maximum absolute atomic E-state index is 12.6. The Bertz CT molecular complexity index is 1080. The number of nitrogens with one attached hydrogen (secondary N) is 1. The molecule has 1 amide bonds. The molecule has 4 aromatic rings. The van der Waals surface area contributed by atoms with Gasteiger partial charge in [0.25, 0.3) is 5.91 Å². The Kier molecular flexibility index (Phi) is 5.67. The molecule has 0 aliphatic heterocycles. The molecule has 0 spiro atoms. The van der Waals surface area contributed by atoms with Crippen LogP contribution in [0.2, 0.25) is 0 Å². The highest BCUT2D eigenvalue weighted by atomic mass is 16.5. The van der Waals surface area contributed by atoms with Gasteiger partial charge in [0.2, 0.25) is 0 Å². The molecule has 29 heavy (non-hydrogen) atoms. The van der Waals surface area contributed by atoms with Gasteiger partial charge in [-0.05, 0) is 29.3 Å². The fourth-order valence-electron chi connectivity index (χ4n) is 2.96. The molecule has 0 unspecified atom stereocenters. The van der Waals surface area contributed by atoms with Crippen molar-refractivity contribution in [3.05, 3.63) is 114 Å². The monoisotopic (exact) mass is 383 g/mol. The highest BCUT2D eigenvalue weighted by Crippen LogP contribution is 2.17. The van der Waals surface area contributed by atoms with Crippen molar-refractivity contribution in [2.45, 2.75) is 13.2 Å². The lowest BCUT2D eigenvalue weighted by atomic mass is 10.2. The predicted octanol–water partition coefficient (Wildman–Crippen LogP) is 4.76. The summed E-state index contributed by atoms with van der Waals surface area (Å²) in [5.74, 6) is 0.454. The molecule has 0 atom stereocenters. The van der Waals surface area contributed by atoms with Crippen molar-refractivity contribution < 1.29 is 9.53 Å². The summed E-state index contributed by atoms with van der Waals surface area (Å²) >= 11 is 0. The number of rotatable bonds is 7. The first-order chi connectivity index (χ1) is 14.3. The molecule has 3 aromatic carbocycles. The van der Waals surface area contributed by atoms with Gasteiger partial charge in [-0.15, -0.1) is 0 Å². The topological polar surface area (TPSA) is 56.2 Å². The molecule has 1 heterocycles. The lowest BCUT2D eigenvalue weighted by Crippen LogP contribution is -2.11. The highest BCUT2D eigenvalue weighted by molar-refractivity contribution is 6.04. The number of nitrogens with zero attached hydrogens (tertiary/aromatic N) is 2. The van der Waals surface area contributed by atoms with Crippen LogP contribution in [-0.4, -0.2) is 15.7 Å². The summed E-state index contributed by atoms with van der Waals surface area (Å²) in [6.45, 7) is 1.11. The number of carbonyl (C=O) groups is 1. The zero-order valence-corrected chi connectivity index (χ0v) is 15.9. The second-order valence-corrected chi connectivity index (χ2v) is 6.67. The van der Waals surface area contributed by atoms with Crippen LogP contribution >= 0.6 is 0 Å². The number of aromatic nitrogens is 2. The van der Waals surface area contributed by atoms with Crippen molar-refractivity contribution in [2.24, 2.45) is 0 Å². The minimum atomic E-state index is -0.200. The Balaban J connectivity index is 1.37. The molecule has 0 saturated carbocycles. The summed E-state index contributed by atoms with van der Waals surface area (Å²) in [6, 6.07) is 27.1. The van der Waals surface area contributed by atoms with Gasteiger partial charge in [0.05, 0.1) is 18.4 Å². The Morgan fingerprint density at radius 2 is 1.62 bits per heavy atom. The SMILES string of the molecule is O=C(Nc1cnn(Cc2ccccc2)c1)c1cccc(OCc2ccccc2)c1. The van der Waals surface area contributed by atoms with E-state index in [2.05, 4.69) is 10.4 Å². The molecule has 4 rings (SSSR count). The van der Waals surface area contributed by atoms with E-state index in [9.17, 15) is 4.79 Å². The normalized spacial score (nSPS) is 10.5. The van der Waals surface area contributed by atoms with E-state index in [0.717, 1.165) is 11.1 Å². The Morgan fingerprint density at radius 1 is 0.897 bits per heavy atom. The maximum atomic E-state index is 12.6. The quantitative estimate of drug-likeness (QED) is 0.500. The van der Waals surface area contributed by atoms with Crippen LogP contribution in [0.3, 0.4) is 0 Å². The molecule has 5 heteroatoms. The zero-order valence-electron chi connectivity index (χ0n) is 15.9. The fraction of sp³-hybridized carbons (Fsp3) is 0.0833. The molecule has 0 fully saturated rings. The molecule has 0 radical (unpaired) electrons. The Hall–Kier alpha value is -3.86. The van der Waals surface area contributed by atoms with Crippen LogP contribution in [0.25, 0.3) is 0 Å². The molecular formula is C24H21N3O2. The fourth-order valence-corrected chi connectivity index (χ4v) is 2.96. The van der Waals surface area contributed by atoms with Crippen LogP contribution in [-0.2, 0) is 13.2 Å². The largest absolute Gasteiger partial charge is 0.489 e. The first-order valence-electron chi connectivity index (χ1n) is 9.41. The summed E-state index contributed by atoms with van der Waals surface area (Å²) in [6.07, 6.45) is 3.47. The van der Waals surface area contributed by atoms with E-state index in [1.807, 2.05) is 79.0 Å². The van der Waals surface area contributed by atoms with Gasteiger partial charge in [-0.25, -0.2) is 0 Å². The molecule has 144 valence electrons. The average molecular weight is 383 g/mol. The van der Waals surface area contributed by atoms with Crippen LogP contribution in [0.5, 0.6) is 5.75 Å². The van der Waals surface area contributed by atoms with Crippen LogP contribution in [0, 0.1) is 0 Å². The van der Waals surface area contributed by atoms with Gasteiger partial charge < -0.3 is 10.1 Å². The number of carbonyl (C=O) groups excluding carboxylic acids is 1. The van der Waals surface area contributed by atoms with Crippen molar-refractivity contribution in [3.63, 3.8) is 0 Å². The number of amides is 1. The lowest BCUT2D eigenvalue weighted by molar-refractivity contribution is 0.102. The molecule has 0 aliphatic rings. The second-order valence-electron chi connectivity index (χ2n) is 6.67. The molecule has 0 bridgehead atoms. The summed E-state index contributed by atoms with van der Waals surface area (Å²) in [4.78, 5) is 12.6. The van der Waals surface area contributed by atoms with E-state index in [1.54, 1.807) is 23.0 Å². The maximum Gasteiger partial charge on any atom is 0.255 e. The minimum absolute atomic E-state index is 0.200.